The van der Waals surface area contributed by atoms with Gasteiger partial charge in [-0.25, -0.2) is 8.42 Å². The number of piperidine rings is 1. The van der Waals surface area contributed by atoms with E-state index in [4.69, 9.17) is 4.74 Å². The molecule has 1 amide bonds. The lowest BCUT2D eigenvalue weighted by Crippen LogP contribution is -2.45. The Morgan fingerprint density at radius 1 is 0.927 bits per heavy atom. The van der Waals surface area contributed by atoms with Gasteiger partial charge in [0.1, 0.15) is 9.96 Å². The van der Waals surface area contributed by atoms with Gasteiger partial charge in [-0.3, -0.25) is 4.79 Å². The predicted octanol–water partition coefficient (Wildman–Crippen LogP) is 5.34. The average molecular weight is 590 g/mol. The molecular weight excluding hydrogens is 555 g/mol. The Morgan fingerprint density at radius 2 is 1.68 bits per heavy atom. The van der Waals surface area contributed by atoms with Crippen molar-refractivity contribution in [3.05, 3.63) is 107 Å². The minimum Gasteiger partial charge on any atom is -0.497 e. The molecule has 1 saturated heterocycles. The smallest absolute Gasteiger partial charge is 0.252 e. The van der Waals surface area contributed by atoms with E-state index in [0.717, 1.165) is 30.7 Å². The highest BCUT2D eigenvalue weighted by Gasteiger charge is 2.30. The van der Waals surface area contributed by atoms with Crippen molar-refractivity contribution in [1.82, 2.24) is 14.9 Å². The zero-order valence-electron chi connectivity index (χ0n) is 23.1. The van der Waals surface area contributed by atoms with E-state index in [2.05, 4.69) is 59.2 Å². The van der Waals surface area contributed by atoms with E-state index in [9.17, 15) is 13.2 Å². The topological polar surface area (TPSA) is 87.7 Å². The molecule has 0 radical (unpaired) electrons. The molecule has 0 aliphatic carbocycles. The number of hydrogen-bond acceptors (Lipinski definition) is 6. The maximum Gasteiger partial charge on any atom is 0.252 e. The highest BCUT2D eigenvalue weighted by molar-refractivity contribution is 7.91. The molecular formula is C32H35N3O4S2. The Hall–Kier alpha value is -3.50. The van der Waals surface area contributed by atoms with Crippen molar-refractivity contribution >= 4 is 27.3 Å². The number of nitrogens with zero attached hydrogens (tertiary/aromatic N) is 1. The Morgan fingerprint density at radius 3 is 2.46 bits per heavy atom. The molecule has 4 aromatic rings. The molecule has 214 valence electrons. The van der Waals surface area contributed by atoms with E-state index in [1.54, 1.807) is 47.8 Å². The molecule has 7 nitrogen and oxygen atoms in total. The highest BCUT2D eigenvalue weighted by atomic mass is 32.2. The summed E-state index contributed by atoms with van der Waals surface area (Å²) in [5, 5.41) is 6.48. The standard InChI is InChI=1S/C32H35N3O4S2/c1-39-29-12-6-11-27(22-29)32(36)34-23-30-13-14-31(40-30)41(37,38)35-19-16-28(17-20-35)33-18-15-24-7-5-10-26(21-24)25-8-3-2-4-9-25/h2-14,21-22,28,33H,15-20,23H2,1H3,(H,34,36). The first kappa shape index (κ1) is 29.0. The van der Waals surface area contributed by atoms with Crippen molar-refractivity contribution in [3.8, 4) is 16.9 Å². The van der Waals surface area contributed by atoms with E-state index in [1.165, 1.54) is 28.0 Å². The summed E-state index contributed by atoms with van der Waals surface area (Å²) in [6.07, 6.45) is 2.47. The number of carbonyl (C=O) groups excluding carboxylic acids is 1. The van der Waals surface area contributed by atoms with Crippen LogP contribution in [-0.4, -0.2) is 51.4 Å². The molecule has 3 aromatic carbocycles. The number of thiophene rings is 1. The molecule has 9 heteroatoms. The lowest BCUT2D eigenvalue weighted by Gasteiger charge is -2.31. The molecule has 2 N–H and O–H groups in total. The van der Waals surface area contributed by atoms with Gasteiger partial charge in [-0.1, -0.05) is 60.7 Å². The summed E-state index contributed by atoms with van der Waals surface area (Å²) in [6, 6.07) is 29.6. The third-order valence-corrected chi connectivity index (χ3v) is 10.8. The maximum atomic E-state index is 13.3. The third-order valence-electron chi connectivity index (χ3n) is 7.32. The zero-order chi connectivity index (χ0) is 28.7. The van der Waals surface area contributed by atoms with Crippen LogP contribution in [0.4, 0.5) is 0 Å². The van der Waals surface area contributed by atoms with Crippen LogP contribution >= 0.6 is 11.3 Å². The molecule has 41 heavy (non-hydrogen) atoms. The molecule has 1 aliphatic heterocycles. The summed E-state index contributed by atoms with van der Waals surface area (Å²) in [6.45, 7) is 2.09. The molecule has 0 atom stereocenters. The Balaban J connectivity index is 1.08. The van der Waals surface area contributed by atoms with Gasteiger partial charge in [0.2, 0.25) is 0 Å². The van der Waals surface area contributed by atoms with Crippen molar-refractivity contribution in [3.63, 3.8) is 0 Å². The number of hydrogen-bond donors (Lipinski definition) is 2. The lowest BCUT2D eigenvalue weighted by atomic mass is 10.0. The van der Waals surface area contributed by atoms with Crippen molar-refractivity contribution in [2.24, 2.45) is 0 Å². The summed E-state index contributed by atoms with van der Waals surface area (Å²) in [5.41, 5.74) is 4.21. The van der Waals surface area contributed by atoms with Crippen LogP contribution in [0.3, 0.4) is 0 Å². The number of benzene rings is 3. The lowest BCUT2D eigenvalue weighted by molar-refractivity contribution is 0.0951. The second-order valence-corrected chi connectivity index (χ2v) is 13.4. The number of carbonyl (C=O) groups is 1. The van der Waals surface area contributed by atoms with E-state index in [1.807, 2.05) is 6.07 Å². The number of sulfonamides is 1. The van der Waals surface area contributed by atoms with E-state index in [-0.39, 0.29) is 12.5 Å². The summed E-state index contributed by atoms with van der Waals surface area (Å²) < 4.78 is 33.7. The molecule has 1 fully saturated rings. The number of rotatable bonds is 11. The van der Waals surface area contributed by atoms with Crippen LogP contribution in [0.1, 0.15) is 33.6 Å². The highest BCUT2D eigenvalue weighted by Crippen LogP contribution is 2.27. The number of amides is 1. The molecule has 0 saturated carbocycles. The minimum absolute atomic E-state index is 0.236. The molecule has 0 unspecified atom stereocenters. The summed E-state index contributed by atoms with van der Waals surface area (Å²) in [7, 11) is -2.01. The first-order valence-electron chi connectivity index (χ1n) is 13.8. The van der Waals surface area contributed by atoms with Gasteiger partial charge in [0.05, 0.1) is 13.7 Å². The summed E-state index contributed by atoms with van der Waals surface area (Å²) in [4.78, 5) is 13.3. The Kier molecular flexibility index (Phi) is 9.51. The van der Waals surface area contributed by atoms with Gasteiger partial charge in [-0.05, 0) is 72.8 Å². The average Bonchev–Trinajstić information content (AvgIpc) is 3.51. The molecule has 1 aliphatic rings. The molecule has 1 aromatic heterocycles. The first-order valence-corrected chi connectivity index (χ1v) is 16.1. The van der Waals surface area contributed by atoms with E-state index >= 15 is 0 Å². The van der Waals surface area contributed by atoms with Gasteiger partial charge < -0.3 is 15.4 Å². The van der Waals surface area contributed by atoms with Crippen molar-refractivity contribution in [2.75, 3.05) is 26.7 Å². The van der Waals surface area contributed by atoms with Crippen LogP contribution < -0.4 is 15.4 Å². The minimum atomic E-state index is -3.56. The van der Waals surface area contributed by atoms with Crippen molar-refractivity contribution in [1.29, 1.82) is 0 Å². The molecule has 2 heterocycles. The van der Waals surface area contributed by atoms with Crippen LogP contribution in [0.2, 0.25) is 0 Å². The third kappa shape index (κ3) is 7.42. The Labute approximate surface area is 246 Å². The molecule has 5 rings (SSSR count). The zero-order valence-corrected chi connectivity index (χ0v) is 24.7. The SMILES string of the molecule is COc1cccc(C(=O)NCc2ccc(S(=O)(=O)N3CCC(NCCc4cccc(-c5ccccc5)c4)CC3)s2)c1. The summed E-state index contributed by atoms with van der Waals surface area (Å²) in [5.74, 6) is 0.370. The number of nitrogens with one attached hydrogen (secondary N) is 2. The Bertz CT molecular complexity index is 1560. The largest absolute Gasteiger partial charge is 0.497 e. The van der Waals surface area contributed by atoms with Gasteiger partial charge in [-0.2, -0.15) is 4.31 Å². The van der Waals surface area contributed by atoms with Crippen molar-refractivity contribution in [2.45, 2.75) is 36.1 Å². The number of ether oxygens (including phenoxy) is 1. The first-order chi connectivity index (χ1) is 19.9. The van der Waals surface area contributed by atoms with Crippen LogP contribution in [0.5, 0.6) is 5.75 Å². The van der Waals surface area contributed by atoms with E-state index < -0.39 is 10.0 Å². The van der Waals surface area contributed by atoms with Crippen LogP contribution in [0.15, 0.2) is 95.2 Å². The second kappa shape index (κ2) is 13.4. The quantitative estimate of drug-likeness (QED) is 0.247. The van der Waals surface area contributed by atoms with Gasteiger partial charge in [0.15, 0.2) is 0 Å². The fraction of sp³-hybridized carbons (Fsp3) is 0.281. The fourth-order valence-electron chi connectivity index (χ4n) is 5.01. The van der Waals surface area contributed by atoms with Gasteiger partial charge in [0.25, 0.3) is 15.9 Å². The van der Waals surface area contributed by atoms with Gasteiger partial charge in [-0.15, -0.1) is 11.3 Å². The summed E-state index contributed by atoms with van der Waals surface area (Å²) >= 11 is 1.21. The van der Waals surface area contributed by atoms with E-state index in [0.29, 0.717) is 34.7 Å². The predicted molar refractivity (Wildman–Crippen MR) is 164 cm³/mol. The van der Waals surface area contributed by atoms with Crippen LogP contribution in [-0.2, 0) is 23.0 Å². The van der Waals surface area contributed by atoms with Gasteiger partial charge >= 0.3 is 0 Å². The number of methoxy groups -OCH3 is 1. The van der Waals surface area contributed by atoms with Crippen LogP contribution in [0, 0.1) is 0 Å². The monoisotopic (exact) mass is 589 g/mol. The van der Waals surface area contributed by atoms with Crippen molar-refractivity contribution < 1.29 is 17.9 Å². The normalized spacial score (nSPS) is 14.6. The van der Waals surface area contributed by atoms with Crippen LogP contribution in [0.25, 0.3) is 11.1 Å². The fourth-order valence-corrected chi connectivity index (χ4v) is 7.93. The molecule has 0 spiro atoms. The second-order valence-electron chi connectivity index (χ2n) is 10.1. The van der Waals surface area contributed by atoms with Gasteiger partial charge in [0, 0.05) is 29.6 Å². The molecule has 0 bridgehead atoms. The maximum absolute atomic E-state index is 13.3.